The van der Waals surface area contributed by atoms with Crippen LogP contribution in [0.15, 0.2) is 72.9 Å². The first-order valence-corrected chi connectivity index (χ1v) is 23.7. The normalized spacial score (nSPS) is 21.4. The fourth-order valence-electron chi connectivity index (χ4n) is 6.97. The quantitative estimate of drug-likeness (QED) is 0.0266. The number of carbonyl (C=O) groups excluding carboxylic acids is 1. The molecule has 7 atom stereocenters. The summed E-state index contributed by atoms with van der Waals surface area (Å²) in [6.07, 6.45) is 46.7. The minimum atomic E-state index is -1.58. The van der Waals surface area contributed by atoms with Gasteiger partial charge in [0.2, 0.25) is 5.91 Å². The van der Waals surface area contributed by atoms with E-state index in [1.165, 1.54) is 83.5 Å². The Balaban J connectivity index is 2.38. The molecule has 1 aliphatic rings. The van der Waals surface area contributed by atoms with Crippen molar-refractivity contribution in [3.8, 4) is 0 Å². The third-order valence-corrected chi connectivity index (χ3v) is 10.7. The molecular weight excluding hydrogens is 743 g/mol. The summed E-state index contributed by atoms with van der Waals surface area (Å²) in [5, 5.41) is 54.1. The molecule has 1 heterocycles. The summed E-state index contributed by atoms with van der Waals surface area (Å²) in [6.45, 7) is 3.60. The monoisotopic (exact) mass is 830 g/mol. The van der Waals surface area contributed by atoms with Crippen LogP contribution in [0.1, 0.15) is 181 Å². The number of nitrogens with one attached hydrogen (secondary N) is 1. The first-order valence-electron chi connectivity index (χ1n) is 23.7. The topological polar surface area (TPSA) is 149 Å². The van der Waals surface area contributed by atoms with Crippen LogP contribution in [-0.4, -0.2) is 87.5 Å². The van der Waals surface area contributed by atoms with Gasteiger partial charge in [0.05, 0.1) is 25.4 Å². The maximum Gasteiger partial charge on any atom is 0.220 e. The van der Waals surface area contributed by atoms with Crippen LogP contribution in [0.4, 0.5) is 0 Å². The SMILES string of the molecule is CC/C=C\C/C=C\C/C=C\CCCCCC(=O)NC(COC1OC(CO)C(O)C(O)C1O)C(O)/C=C/CC/C=C/CC/C=C/CCCCCCCCCCCCCCC. The molecule has 1 fully saturated rings. The highest BCUT2D eigenvalue weighted by Gasteiger charge is 2.44. The van der Waals surface area contributed by atoms with E-state index in [0.29, 0.717) is 12.8 Å². The zero-order valence-electron chi connectivity index (χ0n) is 37.2. The van der Waals surface area contributed by atoms with Crippen LogP contribution in [0.3, 0.4) is 0 Å². The molecule has 0 saturated carbocycles. The Morgan fingerprint density at radius 2 is 1.07 bits per heavy atom. The smallest absolute Gasteiger partial charge is 0.220 e. The number of allylic oxidation sites excluding steroid dienone is 11. The largest absolute Gasteiger partial charge is 0.394 e. The van der Waals surface area contributed by atoms with E-state index in [1.807, 2.05) is 6.08 Å². The first kappa shape index (κ1) is 54.6. The summed E-state index contributed by atoms with van der Waals surface area (Å²) in [6, 6.07) is -0.846. The summed E-state index contributed by atoms with van der Waals surface area (Å²) >= 11 is 0. The van der Waals surface area contributed by atoms with Gasteiger partial charge in [0, 0.05) is 6.42 Å². The Bertz CT molecular complexity index is 1150. The minimum Gasteiger partial charge on any atom is -0.394 e. The fourth-order valence-corrected chi connectivity index (χ4v) is 6.97. The minimum absolute atomic E-state index is 0.221. The highest BCUT2D eigenvalue weighted by atomic mass is 16.7. The van der Waals surface area contributed by atoms with Gasteiger partial charge in [-0.3, -0.25) is 4.79 Å². The Labute approximate surface area is 359 Å². The van der Waals surface area contributed by atoms with Gasteiger partial charge in [-0.2, -0.15) is 0 Å². The van der Waals surface area contributed by atoms with Crippen molar-refractivity contribution in [2.24, 2.45) is 0 Å². The van der Waals surface area contributed by atoms with Crippen molar-refractivity contribution in [3.63, 3.8) is 0 Å². The number of amides is 1. The summed E-state index contributed by atoms with van der Waals surface area (Å²) in [5.74, 6) is -0.223. The van der Waals surface area contributed by atoms with Gasteiger partial charge in [0.1, 0.15) is 24.4 Å². The van der Waals surface area contributed by atoms with E-state index in [9.17, 15) is 30.3 Å². The van der Waals surface area contributed by atoms with Crippen LogP contribution >= 0.6 is 0 Å². The van der Waals surface area contributed by atoms with Crippen molar-refractivity contribution < 1.29 is 39.8 Å². The number of hydrogen-bond donors (Lipinski definition) is 6. The van der Waals surface area contributed by atoms with Gasteiger partial charge in [-0.15, -0.1) is 0 Å². The molecule has 340 valence electrons. The molecule has 1 aliphatic heterocycles. The lowest BCUT2D eigenvalue weighted by Gasteiger charge is -2.40. The van der Waals surface area contributed by atoms with Gasteiger partial charge in [0.15, 0.2) is 6.29 Å². The third kappa shape index (κ3) is 30.3. The number of aliphatic hydroxyl groups is 5. The molecule has 1 amide bonds. The van der Waals surface area contributed by atoms with Crippen LogP contribution in [0.2, 0.25) is 0 Å². The van der Waals surface area contributed by atoms with Gasteiger partial charge >= 0.3 is 0 Å². The summed E-state index contributed by atoms with van der Waals surface area (Å²) in [4.78, 5) is 12.9. The van der Waals surface area contributed by atoms with Crippen molar-refractivity contribution >= 4 is 5.91 Å². The maximum absolute atomic E-state index is 12.9. The van der Waals surface area contributed by atoms with Crippen LogP contribution in [0.5, 0.6) is 0 Å². The molecular formula is C50H87NO8. The Morgan fingerprint density at radius 1 is 0.593 bits per heavy atom. The number of unbranched alkanes of at least 4 members (excludes halogenated alkanes) is 18. The van der Waals surface area contributed by atoms with Crippen LogP contribution in [-0.2, 0) is 14.3 Å². The second-order valence-corrected chi connectivity index (χ2v) is 16.1. The first-order chi connectivity index (χ1) is 28.8. The second-order valence-electron chi connectivity index (χ2n) is 16.1. The predicted molar refractivity (Wildman–Crippen MR) is 244 cm³/mol. The van der Waals surface area contributed by atoms with Gasteiger partial charge in [-0.1, -0.05) is 170 Å². The lowest BCUT2D eigenvalue weighted by Crippen LogP contribution is -2.60. The summed E-state index contributed by atoms with van der Waals surface area (Å²) < 4.78 is 11.2. The lowest BCUT2D eigenvalue weighted by atomic mass is 9.99. The standard InChI is InChI=1S/C50H87NO8/c1-3-5-7-9-11-13-15-17-18-19-20-21-22-23-24-25-26-28-29-31-33-35-37-39-44(53)43(42-58-50-49(57)48(56)47(55)45(41-52)59-50)51-46(54)40-38-36-34-32-30-27-16-14-12-10-8-6-4-2/h6,8,12,14,24-25,27,29-31,37,39,43-45,47-50,52-53,55-57H,3-5,7,9-11,13,15-23,26,28,32-36,38,40-42H2,1-2H3,(H,51,54)/b8-6-,14-12-,25-24+,30-27-,31-29+,39-37+. The van der Waals surface area contributed by atoms with E-state index in [1.54, 1.807) is 6.08 Å². The van der Waals surface area contributed by atoms with Crippen molar-refractivity contribution in [2.75, 3.05) is 13.2 Å². The highest BCUT2D eigenvalue weighted by molar-refractivity contribution is 5.76. The van der Waals surface area contributed by atoms with Crippen molar-refractivity contribution in [1.29, 1.82) is 0 Å². The van der Waals surface area contributed by atoms with E-state index in [2.05, 4.69) is 79.9 Å². The molecule has 0 aromatic rings. The van der Waals surface area contributed by atoms with Crippen LogP contribution in [0, 0.1) is 0 Å². The van der Waals surface area contributed by atoms with E-state index in [0.717, 1.165) is 70.6 Å². The molecule has 0 aromatic heterocycles. The maximum atomic E-state index is 12.9. The summed E-state index contributed by atoms with van der Waals surface area (Å²) in [5.41, 5.74) is 0. The number of carbonyl (C=O) groups is 1. The van der Waals surface area contributed by atoms with Crippen LogP contribution < -0.4 is 5.32 Å². The average molecular weight is 830 g/mol. The van der Waals surface area contributed by atoms with E-state index in [-0.39, 0.29) is 12.5 Å². The van der Waals surface area contributed by atoms with E-state index < -0.39 is 49.5 Å². The van der Waals surface area contributed by atoms with E-state index in [4.69, 9.17) is 9.47 Å². The highest BCUT2D eigenvalue weighted by Crippen LogP contribution is 2.22. The average Bonchev–Trinajstić information content (AvgIpc) is 3.23. The molecule has 0 aromatic carbocycles. The van der Waals surface area contributed by atoms with Crippen molar-refractivity contribution in [1.82, 2.24) is 5.32 Å². The fraction of sp³-hybridized carbons (Fsp3) is 0.740. The zero-order chi connectivity index (χ0) is 43.0. The van der Waals surface area contributed by atoms with E-state index >= 15 is 0 Å². The molecule has 59 heavy (non-hydrogen) atoms. The predicted octanol–water partition coefficient (Wildman–Crippen LogP) is 10.2. The molecule has 7 unspecified atom stereocenters. The van der Waals surface area contributed by atoms with Crippen molar-refractivity contribution in [2.45, 2.75) is 224 Å². The molecule has 0 spiro atoms. The Hall–Kier alpha value is -2.37. The lowest BCUT2D eigenvalue weighted by molar-refractivity contribution is -0.302. The Kier molecular flexibility index (Phi) is 36.8. The number of rotatable bonds is 38. The molecule has 9 nitrogen and oxygen atoms in total. The molecule has 0 radical (unpaired) electrons. The second kappa shape index (κ2) is 39.7. The van der Waals surface area contributed by atoms with Gasteiger partial charge in [-0.05, 0) is 77.0 Å². The van der Waals surface area contributed by atoms with Gasteiger partial charge in [0.25, 0.3) is 0 Å². The molecule has 1 saturated heterocycles. The zero-order valence-corrected chi connectivity index (χ0v) is 37.2. The third-order valence-electron chi connectivity index (χ3n) is 10.7. The molecule has 1 rings (SSSR count). The van der Waals surface area contributed by atoms with Crippen molar-refractivity contribution in [3.05, 3.63) is 72.9 Å². The number of hydrogen-bond acceptors (Lipinski definition) is 8. The van der Waals surface area contributed by atoms with Gasteiger partial charge in [-0.25, -0.2) is 0 Å². The molecule has 9 heteroatoms. The molecule has 0 bridgehead atoms. The molecule has 6 N–H and O–H groups in total. The van der Waals surface area contributed by atoms with Crippen LogP contribution in [0.25, 0.3) is 0 Å². The number of aliphatic hydroxyl groups excluding tert-OH is 5. The number of ether oxygens (including phenoxy) is 2. The summed E-state index contributed by atoms with van der Waals surface area (Å²) in [7, 11) is 0. The molecule has 0 aliphatic carbocycles. The Morgan fingerprint density at radius 3 is 1.63 bits per heavy atom. The van der Waals surface area contributed by atoms with Gasteiger partial charge < -0.3 is 40.3 Å².